The number of hydrogen-bond acceptors (Lipinski definition) is 3. The maximum Gasteiger partial charge on any atom is 0.239 e. The summed E-state index contributed by atoms with van der Waals surface area (Å²) in [6.45, 7) is 7.43. The Morgan fingerprint density at radius 1 is 1.10 bits per heavy atom. The second-order valence-corrected chi connectivity index (χ2v) is 6.81. The summed E-state index contributed by atoms with van der Waals surface area (Å²) in [7, 11) is 0. The Labute approximate surface area is 122 Å². The Kier molecular flexibility index (Phi) is 4.61. The fourth-order valence-electron chi connectivity index (χ4n) is 4.14. The SMILES string of the molecule is CC(C(=O)N1CCCCCC1)N1CCC2NCCC2C1. The first-order valence-electron chi connectivity index (χ1n) is 8.52. The van der Waals surface area contributed by atoms with Gasteiger partial charge in [-0.05, 0) is 45.1 Å². The lowest BCUT2D eigenvalue weighted by atomic mass is 9.92. The van der Waals surface area contributed by atoms with Gasteiger partial charge < -0.3 is 10.2 Å². The molecule has 0 aromatic rings. The molecule has 3 heterocycles. The van der Waals surface area contributed by atoms with Crippen LogP contribution in [0, 0.1) is 5.92 Å². The second-order valence-electron chi connectivity index (χ2n) is 6.81. The highest BCUT2D eigenvalue weighted by Gasteiger charge is 2.36. The first kappa shape index (κ1) is 14.3. The molecule has 3 fully saturated rings. The van der Waals surface area contributed by atoms with Crippen LogP contribution in [-0.4, -0.2) is 60.5 Å². The number of hydrogen-bond donors (Lipinski definition) is 1. The van der Waals surface area contributed by atoms with Crippen molar-refractivity contribution < 1.29 is 4.79 Å². The minimum absolute atomic E-state index is 0.0784. The highest BCUT2D eigenvalue weighted by atomic mass is 16.2. The predicted octanol–water partition coefficient (Wildman–Crippen LogP) is 1.46. The zero-order valence-corrected chi connectivity index (χ0v) is 12.8. The predicted molar refractivity (Wildman–Crippen MR) is 80.6 cm³/mol. The lowest BCUT2D eigenvalue weighted by Gasteiger charge is -2.39. The van der Waals surface area contributed by atoms with Gasteiger partial charge in [-0.1, -0.05) is 12.8 Å². The Bertz CT molecular complexity index is 339. The Morgan fingerprint density at radius 3 is 2.60 bits per heavy atom. The van der Waals surface area contributed by atoms with Gasteiger partial charge >= 0.3 is 0 Å². The van der Waals surface area contributed by atoms with Crippen molar-refractivity contribution in [3.05, 3.63) is 0 Å². The van der Waals surface area contributed by atoms with Crippen LogP contribution in [-0.2, 0) is 4.79 Å². The fraction of sp³-hybridized carbons (Fsp3) is 0.938. The first-order valence-corrected chi connectivity index (χ1v) is 8.52. The molecule has 3 rings (SSSR count). The molecule has 0 spiro atoms. The minimum atomic E-state index is 0.0784. The summed E-state index contributed by atoms with van der Waals surface area (Å²) in [6.07, 6.45) is 7.45. The number of rotatable bonds is 2. The number of carbonyl (C=O) groups excluding carboxylic acids is 1. The monoisotopic (exact) mass is 279 g/mol. The first-order chi connectivity index (χ1) is 9.75. The van der Waals surface area contributed by atoms with E-state index in [1.807, 2.05) is 0 Å². The van der Waals surface area contributed by atoms with Crippen LogP contribution in [0.2, 0.25) is 0 Å². The van der Waals surface area contributed by atoms with Gasteiger partial charge in [0.25, 0.3) is 0 Å². The third kappa shape index (κ3) is 3.01. The molecular formula is C16H29N3O. The number of amides is 1. The van der Waals surface area contributed by atoms with E-state index in [4.69, 9.17) is 0 Å². The van der Waals surface area contributed by atoms with E-state index in [1.54, 1.807) is 0 Å². The number of nitrogens with zero attached hydrogens (tertiary/aromatic N) is 2. The molecule has 114 valence electrons. The van der Waals surface area contributed by atoms with Crippen LogP contribution in [0.3, 0.4) is 0 Å². The van der Waals surface area contributed by atoms with Crippen molar-refractivity contribution >= 4 is 5.91 Å². The molecule has 1 N–H and O–H groups in total. The van der Waals surface area contributed by atoms with Crippen LogP contribution >= 0.6 is 0 Å². The molecule has 0 aromatic carbocycles. The van der Waals surface area contributed by atoms with Crippen LogP contribution in [0.15, 0.2) is 0 Å². The van der Waals surface area contributed by atoms with E-state index in [9.17, 15) is 4.79 Å². The lowest BCUT2D eigenvalue weighted by molar-refractivity contribution is -0.137. The number of nitrogens with one attached hydrogen (secondary N) is 1. The number of fused-ring (bicyclic) bond motifs is 1. The summed E-state index contributed by atoms with van der Waals surface area (Å²) in [5.41, 5.74) is 0. The van der Waals surface area contributed by atoms with Crippen LogP contribution < -0.4 is 5.32 Å². The normalized spacial score (nSPS) is 33.5. The highest BCUT2D eigenvalue weighted by molar-refractivity contribution is 5.81. The zero-order valence-electron chi connectivity index (χ0n) is 12.8. The molecule has 4 nitrogen and oxygen atoms in total. The van der Waals surface area contributed by atoms with Crippen LogP contribution in [0.4, 0.5) is 0 Å². The van der Waals surface area contributed by atoms with E-state index in [0.29, 0.717) is 11.9 Å². The number of likely N-dealkylation sites (tertiary alicyclic amines) is 2. The van der Waals surface area contributed by atoms with Crippen LogP contribution in [0.5, 0.6) is 0 Å². The van der Waals surface area contributed by atoms with Gasteiger partial charge in [0.2, 0.25) is 5.91 Å². The summed E-state index contributed by atoms with van der Waals surface area (Å²) in [6, 6.07) is 0.793. The average Bonchev–Trinajstić information content (AvgIpc) is 2.77. The molecule has 0 radical (unpaired) electrons. The summed E-state index contributed by atoms with van der Waals surface area (Å²) < 4.78 is 0. The smallest absolute Gasteiger partial charge is 0.239 e. The fourth-order valence-corrected chi connectivity index (χ4v) is 4.14. The molecule has 1 amide bonds. The minimum Gasteiger partial charge on any atom is -0.341 e. The molecule has 3 atom stereocenters. The maximum absolute atomic E-state index is 12.7. The van der Waals surface area contributed by atoms with Gasteiger partial charge in [-0.2, -0.15) is 0 Å². The number of carbonyl (C=O) groups is 1. The Hall–Kier alpha value is -0.610. The summed E-state index contributed by atoms with van der Waals surface area (Å²) in [4.78, 5) is 17.3. The van der Waals surface area contributed by atoms with E-state index < -0.39 is 0 Å². The molecule has 0 saturated carbocycles. The van der Waals surface area contributed by atoms with Gasteiger partial charge in [-0.3, -0.25) is 9.69 Å². The second kappa shape index (κ2) is 6.44. The van der Waals surface area contributed by atoms with Gasteiger partial charge in [-0.25, -0.2) is 0 Å². The molecule has 3 aliphatic heterocycles. The topological polar surface area (TPSA) is 35.6 Å². The van der Waals surface area contributed by atoms with E-state index in [-0.39, 0.29) is 6.04 Å². The molecular weight excluding hydrogens is 250 g/mol. The van der Waals surface area contributed by atoms with Crippen molar-refractivity contribution in [2.75, 3.05) is 32.7 Å². The standard InChI is InChI=1S/C16H29N3O/c1-13(16(20)18-9-4-2-3-5-10-18)19-11-7-15-14(12-19)6-8-17-15/h13-15,17H,2-12H2,1H3. The molecule has 3 unspecified atom stereocenters. The van der Waals surface area contributed by atoms with Crippen molar-refractivity contribution in [1.82, 2.24) is 15.1 Å². The quantitative estimate of drug-likeness (QED) is 0.831. The summed E-state index contributed by atoms with van der Waals surface area (Å²) in [5, 5.41) is 3.60. The molecule has 3 aliphatic rings. The largest absolute Gasteiger partial charge is 0.341 e. The number of piperidine rings is 1. The summed E-state index contributed by atoms with van der Waals surface area (Å²) in [5.74, 6) is 1.14. The van der Waals surface area contributed by atoms with Crippen molar-refractivity contribution in [3.8, 4) is 0 Å². The van der Waals surface area contributed by atoms with E-state index in [1.165, 1.54) is 38.5 Å². The Morgan fingerprint density at radius 2 is 1.85 bits per heavy atom. The highest BCUT2D eigenvalue weighted by Crippen LogP contribution is 2.26. The molecule has 0 bridgehead atoms. The summed E-state index contributed by atoms with van der Waals surface area (Å²) >= 11 is 0. The van der Waals surface area contributed by atoms with Crippen molar-refractivity contribution in [2.45, 2.75) is 57.5 Å². The lowest BCUT2D eigenvalue weighted by Crippen LogP contribution is -2.53. The van der Waals surface area contributed by atoms with Gasteiger partial charge in [0, 0.05) is 32.2 Å². The third-order valence-corrected chi connectivity index (χ3v) is 5.51. The van der Waals surface area contributed by atoms with Crippen molar-refractivity contribution in [2.24, 2.45) is 5.92 Å². The van der Waals surface area contributed by atoms with Crippen LogP contribution in [0.1, 0.15) is 45.4 Å². The molecule has 20 heavy (non-hydrogen) atoms. The molecule has 4 heteroatoms. The van der Waals surface area contributed by atoms with E-state index in [2.05, 4.69) is 22.0 Å². The maximum atomic E-state index is 12.7. The Balaban J connectivity index is 1.57. The molecule has 3 saturated heterocycles. The van der Waals surface area contributed by atoms with Gasteiger partial charge in [0.05, 0.1) is 6.04 Å². The third-order valence-electron chi connectivity index (χ3n) is 5.51. The van der Waals surface area contributed by atoms with E-state index in [0.717, 1.165) is 38.6 Å². The molecule has 0 aliphatic carbocycles. The van der Waals surface area contributed by atoms with E-state index >= 15 is 0 Å². The van der Waals surface area contributed by atoms with Crippen LogP contribution in [0.25, 0.3) is 0 Å². The molecule has 0 aromatic heterocycles. The average molecular weight is 279 g/mol. The van der Waals surface area contributed by atoms with Gasteiger partial charge in [0.15, 0.2) is 0 Å². The zero-order chi connectivity index (χ0) is 13.9. The van der Waals surface area contributed by atoms with Gasteiger partial charge in [-0.15, -0.1) is 0 Å². The van der Waals surface area contributed by atoms with Gasteiger partial charge in [0.1, 0.15) is 0 Å². The van der Waals surface area contributed by atoms with Crippen molar-refractivity contribution in [3.63, 3.8) is 0 Å². The van der Waals surface area contributed by atoms with Crippen molar-refractivity contribution in [1.29, 1.82) is 0 Å².